The Morgan fingerprint density at radius 2 is 2.11 bits per heavy atom. The number of amides is 1. The van der Waals surface area contributed by atoms with E-state index in [4.69, 9.17) is 0 Å². The van der Waals surface area contributed by atoms with E-state index in [2.05, 4.69) is 4.37 Å². The number of alkyl halides is 3. The van der Waals surface area contributed by atoms with Gasteiger partial charge in [0, 0.05) is 7.05 Å². The van der Waals surface area contributed by atoms with Gasteiger partial charge in [0.25, 0.3) is 0 Å². The number of aromatic nitrogens is 1. The summed E-state index contributed by atoms with van der Waals surface area (Å²) in [6.07, 6.45) is -4.98. The van der Waals surface area contributed by atoms with Gasteiger partial charge in [-0.25, -0.2) is 0 Å². The first-order chi connectivity index (χ1) is 8.32. The number of phenols is 1. The Balaban J connectivity index is 2.52. The van der Waals surface area contributed by atoms with Crippen LogP contribution in [-0.2, 0) is 4.79 Å². The molecule has 0 aliphatic rings. The Morgan fingerprint density at radius 1 is 1.44 bits per heavy atom. The zero-order valence-corrected chi connectivity index (χ0v) is 9.84. The van der Waals surface area contributed by atoms with Crippen LogP contribution in [0.3, 0.4) is 0 Å². The van der Waals surface area contributed by atoms with Crippen LogP contribution >= 0.6 is 11.5 Å². The van der Waals surface area contributed by atoms with E-state index < -0.39 is 12.1 Å². The Bertz CT molecular complexity index is 609. The molecule has 0 aliphatic carbocycles. The number of phenolic OH excluding ortho intramolecular Hbond substituents is 1. The molecule has 1 aromatic heterocycles. The molecule has 0 atom stereocenters. The van der Waals surface area contributed by atoms with E-state index in [1.54, 1.807) is 12.1 Å². The molecule has 0 radical (unpaired) electrons. The number of fused-ring (bicyclic) bond motifs is 1. The van der Waals surface area contributed by atoms with Gasteiger partial charge < -0.3 is 5.11 Å². The van der Waals surface area contributed by atoms with Crippen LogP contribution in [0.15, 0.2) is 18.2 Å². The molecular formula is C10H7F3N2O2S. The molecule has 96 valence electrons. The summed E-state index contributed by atoms with van der Waals surface area (Å²) in [5.74, 6) is -2.44. The molecule has 18 heavy (non-hydrogen) atoms. The standard InChI is InChI=1S/C10H7F3N2O2S/c1-15(9(17)10(11,12)13)8-7-5(16)3-2-4-6(7)18-14-8/h2-4,16H,1H3. The quantitative estimate of drug-likeness (QED) is 0.870. The lowest BCUT2D eigenvalue weighted by atomic mass is 10.2. The number of hydrogen-bond donors (Lipinski definition) is 1. The summed E-state index contributed by atoms with van der Waals surface area (Å²) >= 11 is 0.913. The third kappa shape index (κ3) is 1.99. The molecule has 0 fully saturated rings. The van der Waals surface area contributed by atoms with E-state index in [-0.39, 0.29) is 17.0 Å². The number of halogens is 3. The highest BCUT2D eigenvalue weighted by atomic mass is 32.1. The highest BCUT2D eigenvalue weighted by Gasteiger charge is 2.42. The molecule has 2 rings (SSSR count). The predicted octanol–water partition coefficient (Wildman–Crippen LogP) is 2.53. The highest BCUT2D eigenvalue weighted by Crippen LogP contribution is 2.36. The molecule has 4 nitrogen and oxygen atoms in total. The summed E-state index contributed by atoms with van der Waals surface area (Å²) in [6.45, 7) is 0. The largest absolute Gasteiger partial charge is 0.507 e. The average molecular weight is 276 g/mol. The number of hydrogen-bond acceptors (Lipinski definition) is 4. The van der Waals surface area contributed by atoms with Crippen molar-refractivity contribution in [3.05, 3.63) is 18.2 Å². The van der Waals surface area contributed by atoms with Gasteiger partial charge in [-0.1, -0.05) is 6.07 Å². The smallest absolute Gasteiger partial charge is 0.471 e. The molecule has 1 N–H and O–H groups in total. The molecule has 8 heteroatoms. The maximum Gasteiger partial charge on any atom is 0.471 e. The number of benzene rings is 1. The van der Waals surface area contributed by atoms with Crippen LogP contribution < -0.4 is 4.90 Å². The Kier molecular flexibility index (Phi) is 2.89. The SMILES string of the molecule is CN(C(=O)C(F)(F)F)c1nsc2cccc(O)c12. The molecule has 0 bridgehead atoms. The summed E-state index contributed by atoms with van der Waals surface area (Å²) in [6, 6.07) is 4.47. The number of carbonyl (C=O) groups excluding carboxylic acids is 1. The Morgan fingerprint density at radius 3 is 2.72 bits per heavy atom. The fourth-order valence-corrected chi connectivity index (χ4v) is 2.30. The first kappa shape index (κ1) is 12.6. The first-order valence-corrected chi connectivity index (χ1v) is 5.52. The molecule has 1 aromatic carbocycles. The molecular weight excluding hydrogens is 269 g/mol. The fraction of sp³-hybridized carbons (Fsp3) is 0.200. The van der Waals surface area contributed by atoms with Crippen LogP contribution in [-0.4, -0.2) is 28.6 Å². The van der Waals surface area contributed by atoms with Gasteiger partial charge in [-0.2, -0.15) is 17.5 Å². The second-order valence-electron chi connectivity index (χ2n) is 3.52. The zero-order valence-electron chi connectivity index (χ0n) is 9.02. The maximum atomic E-state index is 12.3. The van der Waals surface area contributed by atoms with Gasteiger partial charge in [0.1, 0.15) is 5.75 Å². The van der Waals surface area contributed by atoms with Crippen molar-refractivity contribution in [3.8, 4) is 5.75 Å². The number of rotatable bonds is 1. The van der Waals surface area contributed by atoms with Crippen molar-refractivity contribution < 1.29 is 23.1 Å². The molecule has 0 saturated heterocycles. The van der Waals surface area contributed by atoms with Crippen LogP contribution in [0.25, 0.3) is 10.1 Å². The molecule has 1 amide bonds. The topological polar surface area (TPSA) is 53.4 Å². The molecule has 0 spiro atoms. The van der Waals surface area contributed by atoms with Crippen molar-refractivity contribution in [1.82, 2.24) is 4.37 Å². The van der Waals surface area contributed by atoms with Crippen molar-refractivity contribution >= 4 is 33.3 Å². The maximum absolute atomic E-state index is 12.3. The van der Waals surface area contributed by atoms with E-state index in [1.807, 2.05) is 0 Å². The number of nitrogens with zero attached hydrogens (tertiary/aromatic N) is 2. The average Bonchev–Trinajstić information content (AvgIpc) is 2.71. The molecule has 0 saturated carbocycles. The first-order valence-electron chi connectivity index (χ1n) is 4.74. The third-order valence-corrected chi connectivity index (χ3v) is 3.12. The predicted molar refractivity (Wildman–Crippen MR) is 60.7 cm³/mol. The van der Waals surface area contributed by atoms with Crippen LogP contribution in [0.4, 0.5) is 19.0 Å². The van der Waals surface area contributed by atoms with E-state index in [9.17, 15) is 23.1 Å². The molecule has 0 unspecified atom stereocenters. The summed E-state index contributed by atoms with van der Waals surface area (Å²) in [5.41, 5.74) is 0. The van der Waals surface area contributed by atoms with Gasteiger partial charge in [-0.05, 0) is 23.7 Å². The summed E-state index contributed by atoms with van der Waals surface area (Å²) in [5, 5.41) is 9.76. The van der Waals surface area contributed by atoms with Crippen molar-refractivity contribution in [1.29, 1.82) is 0 Å². The van der Waals surface area contributed by atoms with Crippen LogP contribution in [0.1, 0.15) is 0 Å². The van der Waals surface area contributed by atoms with Crippen molar-refractivity contribution in [2.45, 2.75) is 6.18 Å². The summed E-state index contributed by atoms with van der Waals surface area (Å²) in [4.78, 5) is 11.5. The van der Waals surface area contributed by atoms with Gasteiger partial charge in [-0.3, -0.25) is 9.69 Å². The van der Waals surface area contributed by atoms with Crippen LogP contribution in [0, 0.1) is 0 Å². The van der Waals surface area contributed by atoms with Crippen molar-refractivity contribution in [3.63, 3.8) is 0 Å². The minimum atomic E-state index is -4.98. The highest BCUT2D eigenvalue weighted by molar-refractivity contribution is 7.13. The minimum Gasteiger partial charge on any atom is -0.507 e. The number of anilines is 1. The Labute approximate surface area is 103 Å². The number of aromatic hydroxyl groups is 1. The molecule has 0 aliphatic heterocycles. The van der Waals surface area contributed by atoms with E-state index in [1.165, 1.54) is 6.07 Å². The second kappa shape index (κ2) is 4.13. The monoisotopic (exact) mass is 276 g/mol. The lowest BCUT2D eigenvalue weighted by molar-refractivity contribution is -0.170. The lowest BCUT2D eigenvalue weighted by Gasteiger charge is -2.16. The van der Waals surface area contributed by atoms with Gasteiger partial charge in [0.15, 0.2) is 5.82 Å². The van der Waals surface area contributed by atoms with Gasteiger partial charge >= 0.3 is 12.1 Å². The minimum absolute atomic E-state index is 0.141. The van der Waals surface area contributed by atoms with E-state index in [0.29, 0.717) is 9.60 Å². The van der Waals surface area contributed by atoms with Crippen molar-refractivity contribution in [2.75, 3.05) is 11.9 Å². The van der Waals surface area contributed by atoms with Gasteiger partial charge in [0.2, 0.25) is 0 Å². The summed E-state index contributed by atoms with van der Waals surface area (Å²) < 4.78 is 41.2. The third-order valence-electron chi connectivity index (χ3n) is 2.32. The van der Waals surface area contributed by atoms with Gasteiger partial charge in [-0.15, -0.1) is 0 Å². The van der Waals surface area contributed by atoms with Crippen molar-refractivity contribution in [2.24, 2.45) is 0 Å². The van der Waals surface area contributed by atoms with E-state index >= 15 is 0 Å². The summed E-state index contributed by atoms with van der Waals surface area (Å²) in [7, 11) is 0.969. The normalized spacial score (nSPS) is 11.8. The molecule has 2 aromatic rings. The van der Waals surface area contributed by atoms with Crippen LogP contribution in [0.2, 0.25) is 0 Å². The Hall–Kier alpha value is -1.83. The lowest BCUT2D eigenvalue weighted by Crippen LogP contribution is -2.38. The van der Waals surface area contributed by atoms with Gasteiger partial charge in [0.05, 0.1) is 10.1 Å². The fourth-order valence-electron chi connectivity index (χ4n) is 1.47. The van der Waals surface area contributed by atoms with E-state index in [0.717, 1.165) is 18.6 Å². The van der Waals surface area contributed by atoms with Crippen LogP contribution in [0.5, 0.6) is 5.75 Å². The number of carbonyl (C=O) groups is 1. The second-order valence-corrected chi connectivity index (χ2v) is 4.32. The molecule has 1 heterocycles. The zero-order chi connectivity index (χ0) is 13.5.